The maximum absolute atomic E-state index is 12.4. The van der Waals surface area contributed by atoms with Crippen LogP contribution in [-0.4, -0.2) is 56.9 Å². The molecule has 2 fully saturated rings. The molecule has 0 bridgehead atoms. The minimum atomic E-state index is -3.20. The molecule has 1 N–H and O–H groups in total. The first-order valence-electron chi connectivity index (χ1n) is 7.69. The number of carbonyl (C=O) groups excluding carboxylic acids is 1. The molecule has 0 spiro atoms. The molecule has 1 atom stereocenters. The molecule has 2 aliphatic rings. The highest BCUT2D eigenvalue weighted by Gasteiger charge is 2.38. The lowest BCUT2D eigenvalue weighted by Crippen LogP contribution is -2.48. The number of amides is 1. The summed E-state index contributed by atoms with van der Waals surface area (Å²) in [6, 6.07) is 0. The molecular weight excluding hydrogens is 276 g/mol. The zero-order chi connectivity index (χ0) is 14.6. The second kappa shape index (κ2) is 6.89. The largest absolute Gasteiger partial charge is 0.342 e. The van der Waals surface area contributed by atoms with Crippen molar-refractivity contribution in [1.82, 2.24) is 10.2 Å². The Labute approximate surface area is 122 Å². The third kappa shape index (κ3) is 3.73. The number of rotatable bonds is 4. The van der Waals surface area contributed by atoms with Gasteiger partial charge in [-0.2, -0.15) is 0 Å². The van der Waals surface area contributed by atoms with Gasteiger partial charge in [0.1, 0.15) is 5.25 Å². The smallest absolute Gasteiger partial charge is 0.240 e. The molecule has 1 unspecified atom stereocenters. The van der Waals surface area contributed by atoms with Crippen LogP contribution in [0.15, 0.2) is 0 Å². The number of hydrogen-bond donors (Lipinski definition) is 1. The van der Waals surface area contributed by atoms with Crippen LogP contribution in [0.25, 0.3) is 0 Å². The molecular formula is C14H26N2O3S. The van der Waals surface area contributed by atoms with E-state index in [4.69, 9.17) is 0 Å². The molecule has 1 amide bonds. The molecule has 2 aliphatic heterocycles. The molecule has 0 aromatic rings. The van der Waals surface area contributed by atoms with Gasteiger partial charge in [0.2, 0.25) is 5.91 Å². The molecule has 0 aliphatic carbocycles. The maximum atomic E-state index is 12.4. The first kappa shape index (κ1) is 15.8. The Morgan fingerprint density at radius 1 is 1.20 bits per heavy atom. The van der Waals surface area contributed by atoms with E-state index in [2.05, 4.69) is 5.32 Å². The van der Waals surface area contributed by atoms with Crippen LogP contribution < -0.4 is 5.32 Å². The Kier molecular flexibility index (Phi) is 5.43. The Bertz CT molecular complexity index is 428. The van der Waals surface area contributed by atoms with Gasteiger partial charge in [-0.15, -0.1) is 0 Å². The SMILES string of the molecule is CNCCC1CCN(C(=O)C2CCCCS2(=O)=O)CC1. The molecule has 20 heavy (non-hydrogen) atoms. The highest BCUT2D eigenvalue weighted by atomic mass is 32.2. The summed E-state index contributed by atoms with van der Waals surface area (Å²) in [7, 11) is -1.25. The number of nitrogens with zero attached hydrogens (tertiary/aromatic N) is 1. The van der Waals surface area contributed by atoms with Crippen LogP contribution in [0.3, 0.4) is 0 Å². The number of likely N-dealkylation sites (tertiary alicyclic amines) is 1. The van der Waals surface area contributed by atoms with Gasteiger partial charge in [0.25, 0.3) is 0 Å². The van der Waals surface area contributed by atoms with Gasteiger partial charge >= 0.3 is 0 Å². The standard InChI is InChI=1S/C14H26N2O3S/c1-15-8-5-12-6-9-16(10-7-12)14(17)13-4-2-3-11-20(13,18)19/h12-13,15H,2-11H2,1H3. The Morgan fingerprint density at radius 2 is 1.90 bits per heavy atom. The summed E-state index contributed by atoms with van der Waals surface area (Å²) in [5.74, 6) is 0.702. The van der Waals surface area contributed by atoms with Crippen LogP contribution >= 0.6 is 0 Å². The van der Waals surface area contributed by atoms with Crippen molar-refractivity contribution in [3.05, 3.63) is 0 Å². The predicted molar refractivity (Wildman–Crippen MR) is 79.3 cm³/mol. The summed E-state index contributed by atoms with van der Waals surface area (Å²) in [6.07, 6.45) is 5.22. The first-order valence-corrected chi connectivity index (χ1v) is 9.41. The predicted octanol–water partition coefficient (Wildman–Crippen LogP) is 0.802. The molecule has 0 aromatic carbocycles. The maximum Gasteiger partial charge on any atom is 0.240 e. The molecule has 6 heteroatoms. The van der Waals surface area contributed by atoms with Gasteiger partial charge < -0.3 is 10.2 Å². The highest BCUT2D eigenvalue weighted by Crippen LogP contribution is 2.25. The van der Waals surface area contributed by atoms with Crippen LogP contribution in [-0.2, 0) is 14.6 Å². The van der Waals surface area contributed by atoms with E-state index in [1.807, 2.05) is 7.05 Å². The number of nitrogens with one attached hydrogen (secondary N) is 1. The van der Waals surface area contributed by atoms with Crippen molar-refractivity contribution >= 4 is 15.7 Å². The Hall–Kier alpha value is -0.620. The van der Waals surface area contributed by atoms with Crippen LogP contribution in [0.2, 0.25) is 0 Å². The van der Waals surface area contributed by atoms with Gasteiger partial charge in [-0.1, -0.05) is 6.42 Å². The lowest BCUT2D eigenvalue weighted by molar-refractivity contribution is -0.132. The van der Waals surface area contributed by atoms with Crippen LogP contribution in [0.5, 0.6) is 0 Å². The van der Waals surface area contributed by atoms with Crippen molar-refractivity contribution in [2.75, 3.05) is 32.4 Å². The van der Waals surface area contributed by atoms with E-state index >= 15 is 0 Å². The van der Waals surface area contributed by atoms with Crippen LogP contribution in [0.4, 0.5) is 0 Å². The third-order valence-corrected chi connectivity index (χ3v) is 6.74. The van der Waals surface area contributed by atoms with E-state index in [-0.39, 0.29) is 11.7 Å². The molecule has 0 aromatic heterocycles. The summed E-state index contributed by atoms with van der Waals surface area (Å²) >= 11 is 0. The van der Waals surface area contributed by atoms with Gasteiger partial charge in [0.15, 0.2) is 9.84 Å². The fourth-order valence-electron chi connectivity index (χ4n) is 3.23. The molecule has 5 nitrogen and oxygen atoms in total. The number of carbonyl (C=O) groups is 1. The van der Waals surface area contributed by atoms with Crippen molar-refractivity contribution in [1.29, 1.82) is 0 Å². The van der Waals surface area contributed by atoms with Gasteiger partial charge in [-0.05, 0) is 51.6 Å². The van der Waals surface area contributed by atoms with Crippen LogP contribution in [0, 0.1) is 5.92 Å². The second-order valence-electron chi connectivity index (χ2n) is 6.01. The molecule has 0 saturated carbocycles. The minimum Gasteiger partial charge on any atom is -0.342 e. The summed E-state index contributed by atoms with van der Waals surface area (Å²) < 4.78 is 24.0. The molecule has 0 radical (unpaired) electrons. The summed E-state index contributed by atoms with van der Waals surface area (Å²) in [6.45, 7) is 2.45. The Balaban J connectivity index is 1.88. The summed E-state index contributed by atoms with van der Waals surface area (Å²) in [5.41, 5.74) is 0. The average Bonchev–Trinajstić information content (AvgIpc) is 2.44. The molecule has 2 saturated heterocycles. The topological polar surface area (TPSA) is 66.5 Å². The van der Waals surface area contributed by atoms with Crippen molar-refractivity contribution in [3.8, 4) is 0 Å². The van der Waals surface area contributed by atoms with Crippen molar-refractivity contribution in [3.63, 3.8) is 0 Å². The summed E-state index contributed by atoms with van der Waals surface area (Å²) in [5, 5.41) is 2.39. The number of piperidine rings is 1. The van der Waals surface area contributed by atoms with Gasteiger partial charge in [-0.25, -0.2) is 8.42 Å². The fraction of sp³-hybridized carbons (Fsp3) is 0.929. The van der Waals surface area contributed by atoms with E-state index in [9.17, 15) is 13.2 Å². The number of sulfone groups is 1. The normalized spacial score (nSPS) is 27.4. The minimum absolute atomic E-state index is 0.142. The average molecular weight is 302 g/mol. The summed E-state index contributed by atoms with van der Waals surface area (Å²) in [4.78, 5) is 14.2. The monoisotopic (exact) mass is 302 g/mol. The third-order valence-electron chi connectivity index (χ3n) is 4.58. The molecule has 2 rings (SSSR count). The van der Waals surface area contributed by atoms with E-state index in [0.717, 1.165) is 45.3 Å². The van der Waals surface area contributed by atoms with Gasteiger partial charge in [-0.3, -0.25) is 4.79 Å². The zero-order valence-corrected chi connectivity index (χ0v) is 13.1. The quantitative estimate of drug-likeness (QED) is 0.834. The second-order valence-corrected chi connectivity index (χ2v) is 8.32. The first-order chi connectivity index (χ1) is 9.54. The van der Waals surface area contributed by atoms with Crippen LogP contribution in [0.1, 0.15) is 38.5 Å². The van der Waals surface area contributed by atoms with Crippen molar-refractivity contribution in [2.24, 2.45) is 5.92 Å². The van der Waals surface area contributed by atoms with E-state index in [1.165, 1.54) is 0 Å². The Morgan fingerprint density at radius 3 is 2.50 bits per heavy atom. The van der Waals surface area contributed by atoms with E-state index in [0.29, 0.717) is 18.8 Å². The lowest BCUT2D eigenvalue weighted by Gasteiger charge is -2.35. The molecule has 2 heterocycles. The van der Waals surface area contributed by atoms with Crippen molar-refractivity contribution in [2.45, 2.75) is 43.8 Å². The lowest BCUT2D eigenvalue weighted by atomic mass is 9.93. The number of hydrogen-bond acceptors (Lipinski definition) is 4. The van der Waals surface area contributed by atoms with Gasteiger partial charge in [0, 0.05) is 13.1 Å². The fourth-order valence-corrected chi connectivity index (χ4v) is 5.10. The highest BCUT2D eigenvalue weighted by molar-refractivity contribution is 7.92. The molecule has 116 valence electrons. The zero-order valence-electron chi connectivity index (χ0n) is 12.3. The van der Waals surface area contributed by atoms with E-state index in [1.54, 1.807) is 4.90 Å². The van der Waals surface area contributed by atoms with E-state index < -0.39 is 15.1 Å². The van der Waals surface area contributed by atoms with Crippen molar-refractivity contribution < 1.29 is 13.2 Å². The van der Waals surface area contributed by atoms with Gasteiger partial charge in [0.05, 0.1) is 5.75 Å².